The molecular weight excluding hydrogens is 124 g/mol. The Morgan fingerprint density at radius 2 is 2.50 bits per heavy atom. The summed E-state index contributed by atoms with van der Waals surface area (Å²) in [6.45, 7) is 4.04. The molecule has 0 aliphatic heterocycles. The summed E-state index contributed by atoms with van der Waals surface area (Å²) >= 11 is 5.33. The highest BCUT2D eigenvalue weighted by molar-refractivity contribution is 6.29. The van der Waals surface area contributed by atoms with Crippen molar-refractivity contribution in [2.24, 2.45) is 0 Å². The Morgan fingerprint density at radius 3 is 2.88 bits per heavy atom. The lowest BCUT2D eigenvalue weighted by Crippen LogP contribution is -1.92. The molecule has 0 fully saturated rings. The first-order valence-corrected chi connectivity index (χ1v) is 2.49. The molecule has 0 atom stereocenters. The maximum absolute atomic E-state index is 5.33. The molecule has 0 aromatic carbocycles. The minimum Gasteiger partial charge on any atom is -0.363 e. The average Bonchev–Trinajstić information content (AvgIpc) is 1.66. The second kappa shape index (κ2) is 4.70. The topological polar surface area (TPSA) is 9.23 Å². The molecule has 0 aliphatic carbocycles. The molecule has 8 heavy (non-hydrogen) atoms. The van der Waals surface area contributed by atoms with Crippen LogP contribution >= 0.6 is 11.6 Å². The van der Waals surface area contributed by atoms with Crippen molar-refractivity contribution in [3.63, 3.8) is 0 Å². The van der Waals surface area contributed by atoms with Gasteiger partial charge in [0.1, 0.15) is 6.61 Å². The first-order valence-electron chi connectivity index (χ1n) is 2.12. The van der Waals surface area contributed by atoms with Gasteiger partial charge < -0.3 is 4.74 Å². The SMILES string of the molecule is C#CCOCC(=C)Cl. The predicted octanol–water partition coefficient (Wildman–Crippen LogP) is 1.39. The molecule has 0 rings (SSSR count). The van der Waals surface area contributed by atoms with Gasteiger partial charge in [-0.25, -0.2) is 0 Å². The van der Waals surface area contributed by atoms with Crippen LogP contribution in [0.2, 0.25) is 0 Å². The van der Waals surface area contributed by atoms with Crippen molar-refractivity contribution in [1.82, 2.24) is 0 Å². The summed E-state index contributed by atoms with van der Waals surface area (Å²) in [5.74, 6) is 2.30. The third-order valence-electron chi connectivity index (χ3n) is 0.444. The maximum atomic E-state index is 5.33. The second-order valence-electron chi connectivity index (χ2n) is 1.21. The Balaban J connectivity index is 2.97. The number of hydrogen-bond acceptors (Lipinski definition) is 1. The van der Waals surface area contributed by atoms with E-state index in [1.807, 2.05) is 0 Å². The van der Waals surface area contributed by atoms with E-state index < -0.39 is 0 Å². The van der Waals surface area contributed by atoms with Gasteiger partial charge >= 0.3 is 0 Å². The quantitative estimate of drug-likeness (QED) is 0.415. The van der Waals surface area contributed by atoms with E-state index in [1.54, 1.807) is 0 Å². The fourth-order valence-corrected chi connectivity index (χ4v) is 0.298. The van der Waals surface area contributed by atoms with Crippen LogP contribution in [0.4, 0.5) is 0 Å². The molecule has 0 radical (unpaired) electrons. The van der Waals surface area contributed by atoms with E-state index in [0.717, 1.165) is 0 Å². The number of terminal acetylenes is 1. The van der Waals surface area contributed by atoms with Crippen molar-refractivity contribution in [2.45, 2.75) is 0 Å². The van der Waals surface area contributed by atoms with E-state index in [9.17, 15) is 0 Å². The molecular formula is C6H7ClO. The van der Waals surface area contributed by atoms with Crippen LogP contribution in [0.15, 0.2) is 11.6 Å². The summed E-state index contributed by atoms with van der Waals surface area (Å²) < 4.78 is 4.78. The highest BCUT2D eigenvalue weighted by Crippen LogP contribution is 1.94. The van der Waals surface area contributed by atoms with Gasteiger partial charge in [-0.15, -0.1) is 6.42 Å². The number of ether oxygens (including phenoxy) is 1. The molecule has 0 amide bonds. The van der Waals surface area contributed by atoms with Crippen molar-refractivity contribution in [3.05, 3.63) is 11.6 Å². The van der Waals surface area contributed by atoms with Crippen LogP contribution in [0, 0.1) is 12.3 Å². The van der Waals surface area contributed by atoms with Crippen molar-refractivity contribution in [3.8, 4) is 12.3 Å². The molecule has 0 spiro atoms. The van der Waals surface area contributed by atoms with Crippen LogP contribution in [-0.2, 0) is 4.74 Å². The van der Waals surface area contributed by atoms with E-state index in [1.165, 1.54) is 0 Å². The van der Waals surface area contributed by atoms with Gasteiger partial charge in [-0.1, -0.05) is 24.1 Å². The normalized spacial score (nSPS) is 8.00. The lowest BCUT2D eigenvalue weighted by molar-refractivity contribution is 0.197. The Labute approximate surface area is 54.3 Å². The number of hydrogen-bond donors (Lipinski definition) is 0. The molecule has 0 heterocycles. The van der Waals surface area contributed by atoms with Crippen LogP contribution in [-0.4, -0.2) is 13.2 Å². The van der Waals surface area contributed by atoms with Gasteiger partial charge in [-0.2, -0.15) is 0 Å². The summed E-state index contributed by atoms with van der Waals surface area (Å²) in [5.41, 5.74) is 0. The van der Waals surface area contributed by atoms with E-state index >= 15 is 0 Å². The van der Waals surface area contributed by atoms with Crippen LogP contribution < -0.4 is 0 Å². The van der Waals surface area contributed by atoms with Gasteiger partial charge in [-0.3, -0.25) is 0 Å². The molecule has 2 heteroatoms. The summed E-state index contributed by atoms with van der Waals surface area (Å²) in [6.07, 6.45) is 4.87. The maximum Gasteiger partial charge on any atom is 0.107 e. The summed E-state index contributed by atoms with van der Waals surface area (Å²) in [5, 5.41) is 0.472. The minimum absolute atomic E-state index is 0.297. The van der Waals surface area contributed by atoms with Gasteiger partial charge in [0.25, 0.3) is 0 Å². The summed E-state index contributed by atoms with van der Waals surface area (Å²) in [7, 11) is 0. The second-order valence-corrected chi connectivity index (χ2v) is 1.75. The average molecular weight is 131 g/mol. The van der Waals surface area contributed by atoms with Gasteiger partial charge in [0, 0.05) is 5.03 Å². The lowest BCUT2D eigenvalue weighted by Gasteiger charge is -1.93. The van der Waals surface area contributed by atoms with E-state index in [4.69, 9.17) is 22.8 Å². The highest BCUT2D eigenvalue weighted by Gasteiger charge is 1.83. The van der Waals surface area contributed by atoms with Crippen molar-refractivity contribution < 1.29 is 4.74 Å². The zero-order chi connectivity index (χ0) is 6.41. The molecule has 44 valence electrons. The van der Waals surface area contributed by atoms with E-state index in [0.29, 0.717) is 18.2 Å². The monoisotopic (exact) mass is 130 g/mol. The Morgan fingerprint density at radius 1 is 1.88 bits per heavy atom. The summed E-state index contributed by atoms with van der Waals surface area (Å²) in [4.78, 5) is 0. The fourth-order valence-electron chi connectivity index (χ4n) is 0.221. The molecule has 0 saturated heterocycles. The van der Waals surface area contributed by atoms with Crippen LogP contribution in [0.25, 0.3) is 0 Å². The molecule has 0 aliphatic rings. The largest absolute Gasteiger partial charge is 0.363 e. The van der Waals surface area contributed by atoms with Crippen LogP contribution in [0.5, 0.6) is 0 Å². The Kier molecular flexibility index (Phi) is 4.44. The van der Waals surface area contributed by atoms with Gasteiger partial charge in [0.05, 0.1) is 6.61 Å². The fraction of sp³-hybridized carbons (Fsp3) is 0.333. The van der Waals surface area contributed by atoms with E-state index in [2.05, 4.69) is 12.5 Å². The third kappa shape index (κ3) is 5.55. The molecule has 0 saturated carbocycles. The molecule has 0 unspecified atom stereocenters. The zero-order valence-electron chi connectivity index (χ0n) is 4.48. The first kappa shape index (κ1) is 7.55. The van der Waals surface area contributed by atoms with Crippen molar-refractivity contribution in [2.75, 3.05) is 13.2 Å². The summed E-state index contributed by atoms with van der Waals surface area (Å²) in [6, 6.07) is 0. The van der Waals surface area contributed by atoms with Crippen molar-refractivity contribution in [1.29, 1.82) is 0 Å². The lowest BCUT2D eigenvalue weighted by atomic mass is 10.7. The predicted molar refractivity (Wildman–Crippen MR) is 34.6 cm³/mol. The van der Waals surface area contributed by atoms with Crippen molar-refractivity contribution >= 4 is 11.6 Å². The Bertz CT molecular complexity index is 112. The Hall–Kier alpha value is -0.450. The number of rotatable bonds is 3. The van der Waals surface area contributed by atoms with Gasteiger partial charge in [0.2, 0.25) is 0 Å². The van der Waals surface area contributed by atoms with Gasteiger partial charge in [0.15, 0.2) is 0 Å². The van der Waals surface area contributed by atoms with Crippen LogP contribution in [0.3, 0.4) is 0 Å². The standard InChI is InChI=1S/C6H7ClO/c1-3-4-8-5-6(2)7/h1H,2,4-5H2. The smallest absolute Gasteiger partial charge is 0.107 e. The minimum atomic E-state index is 0.297. The first-order chi connectivity index (χ1) is 3.77. The van der Waals surface area contributed by atoms with E-state index in [-0.39, 0.29) is 0 Å². The molecule has 1 nitrogen and oxygen atoms in total. The van der Waals surface area contributed by atoms with Gasteiger partial charge in [-0.05, 0) is 0 Å². The third-order valence-corrected chi connectivity index (χ3v) is 0.553. The van der Waals surface area contributed by atoms with Crippen LogP contribution in [0.1, 0.15) is 0 Å². The zero-order valence-corrected chi connectivity index (χ0v) is 5.24. The number of halogens is 1. The molecule has 0 N–H and O–H groups in total. The molecule has 0 aromatic heterocycles. The molecule has 0 bridgehead atoms. The molecule has 0 aromatic rings. The highest BCUT2D eigenvalue weighted by atomic mass is 35.5.